The van der Waals surface area contributed by atoms with Crippen LogP contribution in [0.3, 0.4) is 0 Å². The third-order valence-electron chi connectivity index (χ3n) is 4.46. The molecule has 3 rings (SSSR count). The second kappa shape index (κ2) is 5.44. The number of nitrogens with one attached hydrogen (secondary N) is 1. The van der Waals surface area contributed by atoms with Crippen LogP contribution in [0.2, 0.25) is 0 Å². The minimum Gasteiger partial charge on any atom is -0.484 e. The van der Waals surface area contributed by atoms with Crippen LogP contribution in [0.5, 0.6) is 5.75 Å². The van der Waals surface area contributed by atoms with Gasteiger partial charge in [-0.2, -0.15) is 0 Å². The number of carbonyl (C=O) groups excluding carboxylic acids is 1. The predicted molar refractivity (Wildman–Crippen MR) is 75.8 cm³/mol. The van der Waals surface area contributed by atoms with Crippen molar-refractivity contribution in [1.29, 1.82) is 0 Å². The van der Waals surface area contributed by atoms with Crippen LogP contribution in [0.25, 0.3) is 0 Å². The van der Waals surface area contributed by atoms with Crippen molar-refractivity contribution in [3.8, 4) is 5.75 Å². The number of carbonyl (C=O) groups is 1. The van der Waals surface area contributed by atoms with Crippen LogP contribution in [0.4, 0.5) is 0 Å². The Morgan fingerprint density at radius 1 is 1.25 bits per heavy atom. The van der Waals surface area contributed by atoms with Crippen molar-refractivity contribution in [1.82, 2.24) is 5.32 Å². The Morgan fingerprint density at radius 2 is 2.05 bits per heavy atom. The van der Waals surface area contributed by atoms with E-state index in [4.69, 9.17) is 4.74 Å². The Labute approximate surface area is 119 Å². The van der Waals surface area contributed by atoms with Crippen LogP contribution in [0, 0.1) is 0 Å². The molecule has 0 saturated heterocycles. The SMILES string of the molecule is O=C(COc1ccc2c(c1)CCC2)NC1(CO)CCC1. The van der Waals surface area contributed by atoms with Crippen molar-refractivity contribution < 1.29 is 14.6 Å². The molecule has 0 aromatic heterocycles. The maximum atomic E-state index is 11.9. The fourth-order valence-corrected chi connectivity index (χ4v) is 3.04. The van der Waals surface area contributed by atoms with E-state index >= 15 is 0 Å². The van der Waals surface area contributed by atoms with Crippen molar-refractivity contribution in [2.45, 2.75) is 44.1 Å². The zero-order chi connectivity index (χ0) is 14.0. The molecule has 0 radical (unpaired) electrons. The van der Waals surface area contributed by atoms with Gasteiger partial charge in [-0.05, 0) is 61.8 Å². The molecule has 1 aromatic carbocycles. The fraction of sp³-hybridized carbons (Fsp3) is 0.562. The highest BCUT2D eigenvalue weighted by atomic mass is 16.5. The fourth-order valence-electron chi connectivity index (χ4n) is 3.04. The highest BCUT2D eigenvalue weighted by molar-refractivity contribution is 5.78. The largest absolute Gasteiger partial charge is 0.484 e. The smallest absolute Gasteiger partial charge is 0.258 e. The highest BCUT2D eigenvalue weighted by Gasteiger charge is 2.37. The Balaban J connectivity index is 1.53. The maximum Gasteiger partial charge on any atom is 0.258 e. The molecule has 4 nitrogen and oxygen atoms in total. The lowest BCUT2D eigenvalue weighted by Crippen LogP contribution is -2.57. The topological polar surface area (TPSA) is 58.6 Å². The molecule has 2 N–H and O–H groups in total. The first-order valence-electron chi connectivity index (χ1n) is 7.37. The summed E-state index contributed by atoms with van der Waals surface area (Å²) in [5, 5.41) is 12.2. The average Bonchev–Trinajstić information content (AvgIpc) is 2.88. The van der Waals surface area contributed by atoms with Crippen LogP contribution >= 0.6 is 0 Å². The molecule has 2 aliphatic rings. The molecule has 1 amide bonds. The summed E-state index contributed by atoms with van der Waals surface area (Å²) >= 11 is 0. The molecule has 4 heteroatoms. The summed E-state index contributed by atoms with van der Waals surface area (Å²) in [4.78, 5) is 11.9. The quantitative estimate of drug-likeness (QED) is 0.858. The Kier molecular flexibility index (Phi) is 3.66. The molecule has 1 fully saturated rings. The first-order valence-corrected chi connectivity index (χ1v) is 7.37. The first kappa shape index (κ1) is 13.4. The summed E-state index contributed by atoms with van der Waals surface area (Å²) < 4.78 is 5.56. The number of ether oxygens (including phenoxy) is 1. The van der Waals surface area contributed by atoms with E-state index in [2.05, 4.69) is 11.4 Å². The third-order valence-corrected chi connectivity index (χ3v) is 4.46. The normalized spacial score (nSPS) is 19.1. The Bertz CT molecular complexity index is 503. The number of aliphatic hydroxyl groups is 1. The molecule has 0 unspecified atom stereocenters. The summed E-state index contributed by atoms with van der Waals surface area (Å²) in [6, 6.07) is 6.07. The second-order valence-corrected chi connectivity index (χ2v) is 5.91. The average molecular weight is 275 g/mol. The molecule has 108 valence electrons. The number of aryl methyl sites for hydroxylation is 2. The summed E-state index contributed by atoms with van der Waals surface area (Å²) in [5.41, 5.74) is 2.35. The number of amides is 1. The van der Waals surface area contributed by atoms with Crippen molar-refractivity contribution >= 4 is 5.91 Å². The van der Waals surface area contributed by atoms with Crippen LogP contribution in [-0.4, -0.2) is 29.8 Å². The highest BCUT2D eigenvalue weighted by Crippen LogP contribution is 2.31. The summed E-state index contributed by atoms with van der Waals surface area (Å²) in [6.07, 6.45) is 6.23. The standard InChI is InChI=1S/C16H21NO3/c18-11-16(7-2-8-16)17-15(19)10-20-14-6-5-12-3-1-4-13(12)9-14/h5-6,9,18H,1-4,7-8,10-11H2,(H,17,19). The number of hydrogen-bond acceptors (Lipinski definition) is 3. The molecule has 20 heavy (non-hydrogen) atoms. The lowest BCUT2D eigenvalue weighted by Gasteiger charge is -2.40. The number of fused-ring (bicyclic) bond motifs is 1. The summed E-state index contributed by atoms with van der Waals surface area (Å²) in [6.45, 7) is 0.0259. The molecule has 2 aliphatic carbocycles. The van der Waals surface area contributed by atoms with Gasteiger partial charge in [0.25, 0.3) is 5.91 Å². The zero-order valence-electron chi connectivity index (χ0n) is 11.7. The zero-order valence-corrected chi connectivity index (χ0v) is 11.7. The van der Waals surface area contributed by atoms with Gasteiger partial charge in [-0.3, -0.25) is 4.79 Å². The van der Waals surface area contributed by atoms with E-state index in [-0.39, 0.29) is 19.1 Å². The van der Waals surface area contributed by atoms with Gasteiger partial charge in [0.1, 0.15) is 5.75 Å². The monoisotopic (exact) mass is 275 g/mol. The van der Waals surface area contributed by atoms with Gasteiger partial charge in [0, 0.05) is 0 Å². The lowest BCUT2D eigenvalue weighted by atomic mass is 9.77. The van der Waals surface area contributed by atoms with Crippen LogP contribution in [-0.2, 0) is 17.6 Å². The van der Waals surface area contributed by atoms with Crippen molar-refractivity contribution in [3.63, 3.8) is 0 Å². The van der Waals surface area contributed by atoms with Gasteiger partial charge in [0.15, 0.2) is 6.61 Å². The minimum absolute atomic E-state index is 0.0115. The van der Waals surface area contributed by atoms with Gasteiger partial charge in [0.2, 0.25) is 0 Å². The minimum atomic E-state index is -0.390. The van der Waals surface area contributed by atoms with E-state index in [1.807, 2.05) is 12.1 Å². The van der Waals surface area contributed by atoms with E-state index in [1.165, 1.54) is 17.5 Å². The molecule has 0 aliphatic heterocycles. The van der Waals surface area contributed by atoms with E-state index in [0.29, 0.717) is 0 Å². The second-order valence-electron chi connectivity index (χ2n) is 5.91. The van der Waals surface area contributed by atoms with Crippen LogP contribution in [0.15, 0.2) is 18.2 Å². The van der Waals surface area contributed by atoms with Crippen LogP contribution < -0.4 is 10.1 Å². The molecule has 0 spiro atoms. The van der Waals surface area contributed by atoms with E-state index < -0.39 is 5.54 Å². The van der Waals surface area contributed by atoms with E-state index in [1.54, 1.807) is 0 Å². The molecule has 0 heterocycles. The van der Waals surface area contributed by atoms with Gasteiger partial charge in [-0.1, -0.05) is 6.07 Å². The number of hydrogen-bond donors (Lipinski definition) is 2. The van der Waals surface area contributed by atoms with Crippen LogP contribution in [0.1, 0.15) is 36.8 Å². The van der Waals surface area contributed by atoms with Gasteiger partial charge in [-0.25, -0.2) is 0 Å². The molecular weight excluding hydrogens is 254 g/mol. The van der Waals surface area contributed by atoms with Gasteiger partial charge >= 0.3 is 0 Å². The van der Waals surface area contributed by atoms with Gasteiger partial charge < -0.3 is 15.2 Å². The number of rotatable bonds is 5. The van der Waals surface area contributed by atoms with Crippen molar-refractivity contribution in [3.05, 3.63) is 29.3 Å². The third kappa shape index (κ3) is 2.66. The molecule has 1 aromatic rings. The molecule has 0 atom stereocenters. The summed E-state index contributed by atoms with van der Waals surface area (Å²) in [7, 11) is 0. The summed E-state index contributed by atoms with van der Waals surface area (Å²) in [5.74, 6) is 0.603. The maximum absolute atomic E-state index is 11.9. The lowest BCUT2D eigenvalue weighted by molar-refractivity contribution is -0.127. The molecule has 0 bridgehead atoms. The van der Waals surface area contributed by atoms with E-state index in [0.717, 1.165) is 37.9 Å². The molecule has 1 saturated carbocycles. The Hall–Kier alpha value is -1.55. The van der Waals surface area contributed by atoms with Crippen molar-refractivity contribution in [2.75, 3.05) is 13.2 Å². The predicted octanol–water partition coefficient (Wildman–Crippen LogP) is 1.59. The molecular formula is C16H21NO3. The van der Waals surface area contributed by atoms with Crippen molar-refractivity contribution in [2.24, 2.45) is 0 Å². The Morgan fingerprint density at radius 3 is 2.75 bits per heavy atom. The number of benzene rings is 1. The number of aliphatic hydroxyl groups excluding tert-OH is 1. The first-order chi connectivity index (χ1) is 9.71. The van der Waals surface area contributed by atoms with Gasteiger partial charge in [0.05, 0.1) is 12.1 Å². The van der Waals surface area contributed by atoms with Gasteiger partial charge in [-0.15, -0.1) is 0 Å². The van der Waals surface area contributed by atoms with E-state index in [9.17, 15) is 9.90 Å².